The lowest BCUT2D eigenvalue weighted by atomic mass is 10.0. The molecule has 1 aromatic heterocycles. The van der Waals surface area contributed by atoms with Crippen molar-refractivity contribution in [2.75, 3.05) is 7.11 Å². The van der Waals surface area contributed by atoms with Gasteiger partial charge in [0.2, 0.25) is 5.78 Å². The number of methoxy groups -OCH3 is 1. The molecule has 142 valence electrons. The molecule has 0 aliphatic heterocycles. The molecule has 3 rings (SSSR count). The number of rotatable bonds is 6. The Morgan fingerprint density at radius 2 is 1.71 bits per heavy atom. The lowest BCUT2D eigenvalue weighted by molar-refractivity contribution is 0.0599. The van der Waals surface area contributed by atoms with Crippen LogP contribution in [0.3, 0.4) is 0 Å². The summed E-state index contributed by atoms with van der Waals surface area (Å²) in [6, 6.07) is 16.4. The quantitative estimate of drug-likeness (QED) is 0.310. The van der Waals surface area contributed by atoms with Gasteiger partial charge in [0.25, 0.3) is 0 Å². The Labute approximate surface area is 168 Å². The zero-order valence-electron chi connectivity index (χ0n) is 16.0. The van der Waals surface area contributed by atoms with Crippen LogP contribution in [0.1, 0.15) is 40.3 Å². The van der Waals surface area contributed by atoms with E-state index in [1.807, 2.05) is 78.5 Å². The smallest absolute Gasteiger partial charge is 0.340 e. The van der Waals surface area contributed by atoms with E-state index in [0.717, 1.165) is 10.4 Å². The molecular formula is C23H21NO3S. The number of benzene rings is 2. The second-order valence-electron chi connectivity index (χ2n) is 6.12. The number of hydrogen-bond acceptors (Lipinski definition) is 4. The lowest BCUT2D eigenvalue weighted by Crippen LogP contribution is -2.13. The predicted molar refractivity (Wildman–Crippen MR) is 115 cm³/mol. The van der Waals surface area contributed by atoms with Gasteiger partial charge < -0.3 is 4.74 Å². The van der Waals surface area contributed by atoms with Gasteiger partial charge in [-0.1, -0.05) is 66.8 Å². The van der Waals surface area contributed by atoms with Crippen molar-refractivity contribution in [2.24, 2.45) is 0 Å². The van der Waals surface area contributed by atoms with Crippen LogP contribution in [0.4, 0.5) is 0 Å². The Bertz CT molecular complexity index is 1080. The number of carbonyl (C=O) groups is 2. The monoisotopic (exact) mass is 391 g/mol. The van der Waals surface area contributed by atoms with E-state index in [1.165, 1.54) is 19.1 Å². The minimum Gasteiger partial charge on any atom is -0.465 e. The Morgan fingerprint density at radius 1 is 1.04 bits per heavy atom. The van der Waals surface area contributed by atoms with Crippen molar-refractivity contribution in [2.45, 2.75) is 13.8 Å². The standard InChI is InChI=1S/C23H21NO3S/c1-4-5-11-16(2)28-24-19-15-10-9-14-18(19)20(23(26)27-3)21(24)22(25)17-12-7-6-8-13-17/h4-15H,1-3H3/b5-4-,16-11+. The van der Waals surface area contributed by atoms with Gasteiger partial charge in [0, 0.05) is 15.9 Å². The van der Waals surface area contributed by atoms with Crippen molar-refractivity contribution in [3.05, 3.63) is 94.6 Å². The van der Waals surface area contributed by atoms with Gasteiger partial charge in [-0.3, -0.25) is 8.77 Å². The van der Waals surface area contributed by atoms with Gasteiger partial charge in [-0.15, -0.1) is 0 Å². The highest BCUT2D eigenvalue weighted by Crippen LogP contribution is 2.34. The molecule has 3 aromatic rings. The lowest BCUT2D eigenvalue weighted by Gasteiger charge is -2.10. The van der Waals surface area contributed by atoms with E-state index in [1.54, 1.807) is 12.1 Å². The number of nitrogens with zero attached hydrogens (tertiary/aromatic N) is 1. The summed E-state index contributed by atoms with van der Waals surface area (Å²) in [5.41, 5.74) is 1.92. The molecule has 0 fully saturated rings. The van der Waals surface area contributed by atoms with E-state index in [4.69, 9.17) is 4.74 Å². The van der Waals surface area contributed by atoms with E-state index in [9.17, 15) is 9.59 Å². The molecule has 1 heterocycles. The molecule has 0 spiro atoms. The SMILES string of the molecule is C/C=C\C=C(/C)Sn1c(C(=O)c2ccccc2)c(C(=O)OC)c2ccccc21. The van der Waals surface area contributed by atoms with E-state index < -0.39 is 5.97 Å². The third kappa shape index (κ3) is 3.80. The summed E-state index contributed by atoms with van der Waals surface area (Å²) in [7, 11) is 1.33. The molecule has 0 amide bonds. The van der Waals surface area contributed by atoms with E-state index in [2.05, 4.69) is 0 Å². The highest BCUT2D eigenvalue weighted by atomic mass is 32.2. The average Bonchev–Trinajstić information content (AvgIpc) is 3.06. The van der Waals surface area contributed by atoms with Crippen molar-refractivity contribution < 1.29 is 14.3 Å². The average molecular weight is 391 g/mol. The third-order valence-electron chi connectivity index (χ3n) is 4.23. The van der Waals surface area contributed by atoms with E-state index >= 15 is 0 Å². The van der Waals surface area contributed by atoms with Crippen LogP contribution in [0.25, 0.3) is 10.9 Å². The number of fused-ring (bicyclic) bond motifs is 1. The first-order valence-electron chi connectivity index (χ1n) is 8.88. The van der Waals surface area contributed by atoms with Gasteiger partial charge in [-0.2, -0.15) is 0 Å². The van der Waals surface area contributed by atoms with Crippen LogP contribution in [0.5, 0.6) is 0 Å². The maximum atomic E-state index is 13.4. The molecule has 0 atom stereocenters. The molecular weight excluding hydrogens is 370 g/mol. The summed E-state index contributed by atoms with van der Waals surface area (Å²) in [4.78, 5) is 27.0. The van der Waals surface area contributed by atoms with Crippen LogP contribution in [0.15, 0.2) is 77.7 Å². The van der Waals surface area contributed by atoms with Crippen LogP contribution < -0.4 is 0 Å². The van der Waals surface area contributed by atoms with Crippen LogP contribution in [0.2, 0.25) is 0 Å². The largest absolute Gasteiger partial charge is 0.465 e. The summed E-state index contributed by atoms with van der Waals surface area (Å²) < 4.78 is 6.84. The Morgan fingerprint density at radius 3 is 2.39 bits per heavy atom. The summed E-state index contributed by atoms with van der Waals surface area (Å²) in [6.07, 6.45) is 5.84. The van der Waals surface area contributed by atoms with Gasteiger partial charge in [0.15, 0.2) is 0 Å². The normalized spacial score (nSPS) is 11.9. The summed E-state index contributed by atoms with van der Waals surface area (Å²) >= 11 is 1.41. The number of esters is 1. The predicted octanol–water partition coefficient (Wildman–Crippen LogP) is 5.64. The number of hydrogen-bond donors (Lipinski definition) is 0. The van der Waals surface area contributed by atoms with Crippen molar-refractivity contribution in [1.82, 2.24) is 3.97 Å². The van der Waals surface area contributed by atoms with Crippen molar-refractivity contribution >= 4 is 34.6 Å². The number of ether oxygens (including phenoxy) is 1. The fourth-order valence-electron chi connectivity index (χ4n) is 2.95. The fraction of sp³-hybridized carbons (Fsp3) is 0.130. The first-order valence-corrected chi connectivity index (χ1v) is 9.65. The fourth-order valence-corrected chi connectivity index (χ4v) is 3.90. The Kier molecular flexibility index (Phi) is 6.16. The minimum atomic E-state index is -0.523. The molecule has 0 radical (unpaired) electrons. The second kappa shape index (κ2) is 8.76. The minimum absolute atomic E-state index is 0.219. The summed E-state index contributed by atoms with van der Waals surface area (Å²) in [5.74, 6) is -0.742. The first kappa shape index (κ1) is 19.7. The second-order valence-corrected chi connectivity index (χ2v) is 7.31. The molecule has 0 aliphatic rings. The molecule has 28 heavy (non-hydrogen) atoms. The molecule has 4 nitrogen and oxygen atoms in total. The summed E-state index contributed by atoms with van der Waals surface area (Å²) in [6.45, 7) is 3.91. The zero-order valence-corrected chi connectivity index (χ0v) is 16.8. The van der Waals surface area contributed by atoms with E-state index in [-0.39, 0.29) is 5.78 Å². The molecule has 0 aliphatic carbocycles. The van der Waals surface area contributed by atoms with Crippen LogP contribution in [0, 0.1) is 0 Å². The topological polar surface area (TPSA) is 48.3 Å². The van der Waals surface area contributed by atoms with Gasteiger partial charge >= 0.3 is 5.97 Å². The van der Waals surface area contributed by atoms with Crippen LogP contribution in [-0.4, -0.2) is 22.8 Å². The number of allylic oxidation sites excluding steroid dienone is 4. The molecule has 5 heteroatoms. The summed E-state index contributed by atoms with van der Waals surface area (Å²) in [5, 5.41) is 0.694. The number of para-hydroxylation sites is 1. The maximum Gasteiger partial charge on any atom is 0.340 e. The Hall–Kier alpha value is -3.05. The van der Waals surface area contributed by atoms with E-state index in [0.29, 0.717) is 22.2 Å². The van der Waals surface area contributed by atoms with Gasteiger partial charge in [-0.25, -0.2) is 4.79 Å². The van der Waals surface area contributed by atoms with Crippen LogP contribution in [-0.2, 0) is 4.74 Å². The zero-order chi connectivity index (χ0) is 20.1. The van der Waals surface area contributed by atoms with Crippen molar-refractivity contribution in [3.8, 4) is 0 Å². The first-order chi connectivity index (χ1) is 13.6. The molecule has 0 bridgehead atoms. The molecule has 0 saturated carbocycles. The van der Waals surface area contributed by atoms with Crippen LogP contribution >= 0.6 is 11.9 Å². The van der Waals surface area contributed by atoms with Gasteiger partial charge in [0.05, 0.1) is 18.2 Å². The van der Waals surface area contributed by atoms with Gasteiger partial charge in [-0.05, 0) is 31.9 Å². The molecule has 0 saturated heterocycles. The molecule has 0 unspecified atom stereocenters. The number of carbonyl (C=O) groups excluding carboxylic acids is 2. The molecule has 2 aromatic carbocycles. The number of aromatic nitrogens is 1. The maximum absolute atomic E-state index is 13.4. The highest BCUT2D eigenvalue weighted by molar-refractivity contribution is 8.01. The third-order valence-corrected chi connectivity index (χ3v) is 5.22. The van der Waals surface area contributed by atoms with Crippen molar-refractivity contribution in [3.63, 3.8) is 0 Å². The van der Waals surface area contributed by atoms with Gasteiger partial charge in [0.1, 0.15) is 5.69 Å². The number of ketones is 1. The molecule has 0 N–H and O–H groups in total. The van der Waals surface area contributed by atoms with Crippen molar-refractivity contribution in [1.29, 1.82) is 0 Å². The highest BCUT2D eigenvalue weighted by Gasteiger charge is 2.29. The Balaban J connectivity index is 2.30.